The number of hydrogen-bond donors (Lipinski definition) is 3. The highest BCUT2D eigenvalue weighted by Crippen LogP contribution is 2.35. The van der Waals surface area contributed by atoms with Crippen molar-refractivity contribution >= 4 is 40.4 Å². The van der Waals surface area contributed by atoms with Gasteiger partial charge in [0.25, 0.3) is 0 Å². The minimum Gasteiger partial charge on any atom is -0.480 e. The van der Waals surface area contributed by atoms with Crippen LogP contribution in [0, 0.1) is 5.92 Å². The van der Waals surface area contributed by atoms with E-state index in [1.807, 2.05) is 36.6 Å². The molecule has 2 fully saturated rings. The average molecular weight is 523 g/mol. The monoisotopic (exact) mass is 522 g/mol. The molecule has 1 atom stereocenters. The number of benzene rings is 2. The number of piperidine rings is 2. The maximum Gasteiger partial charge on any atom is 0.430 e. The predicted octanol–water partition coefficient (Wildman–Crippen LogP) is 5.40. The fraction of sp³-hybridized carbons (Fsp3) is 0.429. The molecule has 2 aliphatic rings. The van der Waals surface area contributed by atoms with E-state index in [0.717, 1.165) is 36.3 Å². The molecule has 2 aromatic carbocycles. The number of aromatic nitrogens is 1. The van der Waals surface area contributed by atoms with Gasteiger partial charge in [0.2, 0.25) is 0 Å². The third-order valence-electron chi connectivity index (χ3n) is 7.71. The summed E-state index contributed by atoms with van der Waals surface area (Å²) in [6.07, 6.45) is 6.83. The second-order valence-electron chi connectivity index (χ2n) is 9.89. The Morgan fingerprint density at radius 2 is 1.81 bits per heavy atom. The van der Waals surface area contributed by atoms with Gasteiger partial charge >= 0.3 is 12.1 Å². The third-order valence-corrected chi connectivity index (χ3v) is 8.44. The van der Waals surface area contributed by atoms with E-state index >= 15 is 0 Å². The van der Waals surface area contributed by atoms with Crippen molar-refractivity contribution in [1.29, 1.82) is 0 Å². The number of rotatable bonds is 7. The Kier molecular flexibility index (Phi) is 8.02. The number of aromatic amines is 1. The van der Waals surface area contributed by atoms with Crippen LogP contribution in [0.1, 0.15) is 37.2 Å². The van der Waals surface area contributed by atoms with Crippen LogP contribution in [0.15, 0.2) is 59.6 Å². The molecule has 0 radical (unpaired) electrons. The minimum absolute atomic E-state index is 0.0308. The molecule has 1 unspecified atom stereocenters. The molecule has 1 aromatic heterocycles. The summed E-state index contributed by atoms with van der Waals surface area (Å²) in [5.41, 5.74) is 3.18. The number of fused-ring (bicyclic) bond motifs is 1. The van der Waals surface area contributed by atoms with Gasteiger partial charge in [0, 0.05) is 40.8 Å². The van der Waals surface area contributed by atoms with E-state index in [9.17, 15) is 14.7 Å². The van der Waals surface area contributed by atoms with Crippen molar-refractivity contribution in [3.63, 3.8) is 0 Å². The van der Waals surface area contributed by atoms with Gasteiger partial charge in [-0.1, -0.05) is 24.3 Å². The highest BCUT2D eigenvalue weighted by Gasteiger charge is 2.38. The predicted molar refractivity (Wildman–Crippen MR) is 146 cm³/mol. The summed E-state index contributed by atoms with van der Waals surface area (Å²) in [5, 5.41) is 15.8. The van der Waals surface area contributed by atoms with E-state index in [-0.39, 0.29) is 5.92 Å². The summed E-state index contributed by atoms with van der Waals surface area (Å²) in [6.45, 7) is 2.60. The molecular formula is C28H34N4O4S. The molecule has 0 spiro atoms. The molecule has 5 rings (SSSR count). The molecule has 2 saturated heterocycles. The van der Waals surface area contributed by atoms with Gasteiger partial charge < -0.3 is 14.9 Å². The summed E-state index contributed by atoms with van der Waals surface area (Å²) in [6, 6.07) is 15.5. The number of H-pyrrole nitrogens is 1. The van der Waals surface area contributed by atoms with E-state index in [0.29, 0.717) is 37.5 Å². The van der Waals surface area contributed by atoms with E-state index in [1.165, 1.54) is 10.9 Å². The third kappa shape index (κ3) is 5.95. The zero-order chi connectivity index (χ0) is 25.8. The Bertz CT molecular complexity index is 1230. The first-order valence-corrected chi connectivity index (χ1v) is 14.1. The molecule has 0 bridgehead atoms. The molecule has 9 heteroatoms. The molecular weight excluding hydrogens is 488 g/mol. The number of hydrogen-bond acceptors (Lipinski definition) is 6. The number of anilines is 1. The number of carbonyl (C=O) groups excluding carboxylic acids is 1. The molecule has 1 amide bonds. The normalized spacial score (nSPS) is 19.1. The van der Waals surface area contributed by atoms with Gasteiger partial charge in [-0.15, -0.1) is 16.8 Å². The number of carboxylic acids is 1. The van der Waals surface area contributed by atoms with E-state index in [4.69, 9.17) is 4.84 Å². The number of amides is 1. The van der Waals surface area contributed by atoms with Gasteiger partial charge in [-0.05, 0) is 86.7 Å². The van der Waals surface area contributed by atoms with Crippen LogP contribution in [-0.2, 0) is 9.63 Å². The highest BCUT2D eigenvalue weighted by atomic mass is 32.2. The van der Waals surface area contributed by atoms with Crippen molar-refractivity contribution in [3.05, 3.63) is 60.3 Å². The maximum absolute atomic E-state index is 12.4. The molecule has 3 aromatic rings. The Balaban J connectivity index is 1.13. The van der Waals surface area contributed by atoms with E-state index < -0.39 is 18.1 Å². The zero-order valence-electron chi connectivity index (χ0n) is 21.1. The van der Waals surface area contributed by atoms with Crippen LogP contribution in [0.2, 0.25) is 0 Å². The Morgan fingerprint density at radius 1 is 1.05 bits per heavy atom. The number of thioether (sulfide) groups is 1. The van der Waals surface area contributed by atoms with Gasteiger partial charge in [0.1, 0.15) is 6.04 Å². The lowest BCUT2D eigenvalue weighted by atomic mass is 9.85. The van der Waals surface area contributed by atoms with Gasteiger partial charge in [-0.3, -0.25) is 15.0 Å². The lowest BCUT2D eigenvalue weighted by Crippen LogP contribution is -2.52. The Morgan fingerprint density at radius 3 is 2.54 bits per heavy atom. The summed E-state index contributed by atoms with van der Waals surface area (Å²) < 4.78 is 0. The average Bonchev–Trinajstić information content (AvgIpc) is 3.34. The molecule has 3 N–H and O–H groups in total. The highest BCUT2D eigenvalue weighted by molar-refractivity contribution is 7.98. The fourth-order valence-electron chi connectivity index (χ4n) is 5.82. The van der Waals surface area contributed by atoms with Crippen LogP contribution in [0.3, 0.4) is 0 Å². The summed E-state index contributed by atoms with van der Waals surface area (Å²) >= 11 is 1.61. The van der Waals surface area contributed by atoms with Gasteiger partial charge in [-0.2, -0.15) is 0 Å². The van der Waals surface area contributed by atoms with E-state index in [1.54, 1.807) is 16.8 Å². The van der Waals surface area contributed by atoms with Crippen molar-refractivity contribution in [3.8, 4) is 0 Å². The van der Waals surface area contributed by atoms with Crippen LogP contribution in [0.5, 0.6) is 0 Å². The smallest absolute Gasteiger partial charge is 0.430 e. The van der Waals surface area contributed by atoms with Crippen LogP contribution >= 0.6 is 11.8 Å². The number of aliphatic carboxylic acids is 1. The Hall–Kier alpha value is -3.01. The molecule has 8 nitrogen and oxygen atoms in total. The summed E-state index contributed by atoms with van der Waals surface area (Å²) in [4.78, 5) is 36.8. The lowest BCUT2D eigenvalue weighted by molar-refractivity contribution is -0.151. The standard InChI is InChI=1S/C28H34N4O4S/c1-37-22-6-4-5-21(17-22)30-28(35)36-32-15-11-20(12-16-32)26(27(33)34)31-13-9-19(10-14-31)24-18-29-25-8-3-2-7-23(24)25/h2-8,17-20,26,29H,9-16H2,1H3,(H,30,35)(H,33,34). The van der Waals surface area contributed by atoms with Crippen molar-refractivity contribution in [2.75, 3.05) is 37.8 Å². The molecule has 3 heterocycles. The Labute approximate surface area is 221 Å². The molecule has 196 valence electrons. The van der Waals surface area contributed by atoms with Crippen molar-refractivity contribution in [2.24, 2.45) is 5.92 Å². The van der Waals surface area contributed by atoms with Gasteiger partial charge in [-0.25, -0.2) is 4.79 Å². The van der Waals surface area contributed by atoms with Crippen LogP contribution in [-0.4, -0.2) is 70.6 Å². The molecule has 0 aliphatic carbocycles. The molecule has 0 saturated carbocycles. The maximum atomic E-state index is 12.4. The van der Waals surface area contributed by atoms with Crippen LogP contribution in [0.4, 0.5) is 10.5 Å². The largest absolute Gasteiger partial charge is 0.480 e. The van der Waals surface area contributed by atoms with Crippen LogP contribution in [0.25, 0.3) is 10.9 Å². The number of carbonyl (C=O) groups is 2. The number of nitrogens with zero attached hydrogens (tertiary/aromatic N) is 2. The number of hydroxylamine groups is 2. The first-order chi connectivity index (χ1) is 18.0. The molecule has 37 heavy (non-hydrogen) atoms. The summed E-state index contributed by atoms with van der Waals surface area (Å²) in [5.74, 6) is -0.285. The number of para-hydroxylation sites is 1. The number of carboxylic acid groups (broad SMARTS) is 1. The fourth-order valence-corrected chi connectivity index (χ4v) is 6.28. The topological polar surface area (TPSA) is 97.9 Å². The van der Waals surface area contributed by atoms with Crippen molar-refractivity contribution < 1.29 is 19.5 Å². The van der Waals surface area contributed by atoms with Crippen molar-refractivity contribution in [1.82, 2.24) is 14.9 Å². The zero-order valence-corrected chi connectivity index (χ0v) is 21.9. The van der Waals surface area contributed by atoms with E-state index in [2.05, 4.69) is 39.6 Å². The summed E-state index contributed by atoms with van der Waals surface area (Å²) in [7, 11) is 0. The lowest BCUT2D eigenvalue weighted by Gasteiger charge is -2.41. The number of nitrogens with one attached hydrogen (secondary N) is 2. The van der Waals surface area contributed by atoms with Crippen LogP contribution < -0.4 is 5.32 Å². The van der Waals surface area contributed by atoms with Gasteiger partial charge in [0.15, 0.2) is 0 Å². The second kappa shape index (κ2) is 11.6. The number of likely N-dealkylation sites (tertiary alicyclic amines) is 1. The second-order valence-corrected chi connectivity index (χ2v) is 10.8. The minimum atomic E-state index is -0.753. The first kappa shape index (κ1) is 25.6. The van der Waals surface area contributed by atoms with Crippen molar-refractivity contribution in [2.45, 2.75) is 42.5 Å². The van der Waals surface area contributed by atoms with Gasteiger partial charge in [0.05, 0.1) is 0 Å². The quantitative estimate of drug-likeness (QED) is 0.358. The SMILES string of the molecule is CSc1cccc(NC(=O)ON2CCC(C(C(=O)O)N3CCC(c4c[nH]c5ccccc45)CC3)CC2)c1. The first-order valence-electron chi connectivity index (χ1n) is 12.9. The molecule has 2 aliphatic heterocycles.